The van der Waals surface area contributed by atoms with Gasteiger partial charge in [-0.2, -0.15) is 0 Å². The highest BCUT2D eigenvalue weighted by atomic mass is 32.2. The molecule has 0 bridgehead atoms. The second-order valence-corrected chi connectivity index (χ2v) is 3.16. The Bertz CT molecular complexity index is 72.8. The molecule has 0 radical (unpaired) electrons. The van der Waals surface area contributed by atoms with E-state index in [0.29, 0.717) is 0 Å². The Morgan fingerprint density at radius 2 is 2.38 bits per heavy atom. The van der Waals surface area contributed by atoms with E-state index in [1.54, 1.807) is 11.8 Å². The average molecular weight is 149 g/mol. The van der Waals surface area contributed by atoms with Gasteiger partial charge in [0.05, 0.1) is 0 Å². The summed E-state index contributed by atoms with van der Waals surface area (Å²) in [6.07, 6.45) is 1.19. The van der Waals surface area contributed by atoms with E-state index in [1.165, 1.54) is 6.42 Å². The lowest BCUT2D eigenvalue weighted by Crippen LogP contribution is -2.10. The van der Waals surface area contributed by atoms with E-state index in [0.717, 1.165) is 10.1 Å². The van der Waals surface area contributed by atoms with Crippen LogP contribution in [0, 0.1) is 0 Å². The number of thioether (sulfide) groups is 1. The zero-order chi connectivity index (χ0) is 6.41. The smallest absolute Gasteiger partial charge is 0.133 e. The first-order chi connectivity index (χ1) is 3.81. The van der Waals surface area contributed by atoms with Gasteiger partial charge in [-0.05, 0) is 12.2 Å². The molecule has 0 unspecified atom stereocenters. The van der Waals surface area contributed by atoms with Crippen molar-refractivity contribution >= 4 is 28.3 Å². The van der Waals surface area contributed by atoms with Crippen LogP contribution in [-0.4, -0.2) is 17.1 Å². The Morgan fingerprint density at radius 3 is 2.75 bits per heavy atom. The third kappa shape index (κ3) is 4.40. The molecule has 8 heavy (non-hydrogen) atoms. The van der Waals surface area contributed by atoms with Crippen LogP contribution >= 0.6 is 24.0 Å². The predicted octanol–water partition coefficient (Wildman–Crippen LogP) is 1.63. The van der Waals surface area contributed by atoms with Gasteiger partial charge in [-0.25, -0.2) is 0 Å². The van der Waals surface area contributed by atoms with Crippen LogP contribution in [-0.2, 0) is 0 Å². The number of rotatable bonds is 2. The fraction of sp³-hybridized carbons (Fsp3) is 0.800. The Hall–Kier alpha value is 0.240. The first-order valence-electron chi connectivity index (χ1n) is 2.65. The van der Waals surface area contributed by atoms with Gasteiger partial charge in [-0.15, -0.1) is 0 Å². The Morgan fingerprint density at radius 1 is 1.75 bits per heavy atom. The maximum absolute atomic E-state index is 4.87. The molecule has 1 nitrogen and oxygen atoms in total. The molecule has 0 aromatic heterocycles. The van der Waals surface area contributed by atoms with Crippen molar-refractivity contribution in [1.29, 1.82) is 0 Å². The minimum Gasteiger partial charge on any atom is -0.374 e. The van der Waals surface area contributed by atoms with E-state index in [1.807, 2.05) is 7.05 Å². The molecule has 0 aliphatic heterocycles. The number of hydrogen-bond donors (Lipinski definition) is 1. The van der Waals surface area contributed by atoms with Gasteiger partial charge in [0.1, 0.15) is 4.32 Å². The summed E-state index contributed by atoms with van der Waals surface area (Å²) in [5.74, 6) is 1.12. The zero-order valence-corrected chi connectivity index (χ0v) is 6.86. The first-order valence-corrected chi connectivity index (χ1v) is 4.05. The lowest BCUT2D eigenvalue weighted by molar-refractivity contribution is 1.11. The quantitative estimate of drug-likeness (QED) is 0.599. The van der Waals surface area contributed by atoms with Gasteiger partial charge in [-0.1, -0.05) is 30.9 Å². The van der Waals surface area contributed by atoms with E-state index in [9.17, 15) is 0 Å². The Balaban J connectivity index is 2.99. The standard InChI is InChI=1S/C5H11NS2/c1-3-4-8-5(7)6-2/h3-4H2,1-2H3,(H,6,7). The van der Waals surface area contributed by atoms with Gasteiger partial charge in [0.2, 0.25) is 0 Å². The molecule has 0 amide bonds. The molecule has 0 aliphatic carbocycles. The third-order valence-electron chi connectivity index (χ3n) is 0.641. The van der Waals surface area contributed by atoms with Crippen LogP contribution in [0.25, 0.3) is 0 Å². The molecule has 0 saturated carbocycles. The molecular formula is C5H11NS2. The second kappa shape index (κ2) is 5.38. The highest BCUT2D eigenvalue weighted by Gasteiger charge is 1.88. The molecule has 0 heterocycles. The van der Waals surface area contributed by atoms with Gasteiger partial charge in [0.25, 0.3) is 0 Å². The molecule has 48 valence electrons. The summed E-state index contributed by atoms with van der Waals surface area (Å²) in [5.41, 5.74) is 0. The molecule has 0 spiro atoms. The summed E-state index contributed by atoms with van der Waals surface area (Å²) in [6.45, 7) is 2.14. The van der Waals surface area contributed by atoms with Crippen molar-refractivity contribution in [1.82, 2.24) is 5.32 Å². The van der Waals surface area contributed by atoms with Crippen LogP contribution in [0.2, 0.25) is 0 Å². The van der Waals surface area contributed by atoms with Crippen LogP contribution in [0.3, 0.4) is 0 Å². The van der Waals surface area contributed by atoms with Crippen molar-refractivity contribution in [2.45, 2.75) is 13.3 Å². The summed E-state index contributed by atoms with van der Waals surface area (Å²) in [4.78, 5) is 0. The van der Waals surface area contributed by atoms with Crippen molar-refractivity contribution in [3.05, 3.63) is 0 Å². The van der Waals surface area contributed by atoms with Gasteiger partial charge < -0.3 is 5.32 Å². The fourth-order valence-electron chi connectivity index (χ4n) is 0.267. The van der Waals surface area contributed by atoms with Crippen molar-refractivity contribution in [2.75, 3.05) is 12.8 Å². The van der Waals surface area contributed by atoms with E-state index in [2.05, 4.69) is 12.2 Å². The maximum atomic E-state index is 4.87. The summed E-state index contributed by atoms with van der Waals surface area (Å²) in [5, 5.41) is 2.89. The molecule has 1 N–H and O–H groups in total. The van der Waals surface area contributed by atoms with Crippen molar-refractivity contribution < 1.29 is 0 Å². The molecule has 0 aromatic rings. The third-order valence-corrected chi connectivity index (χ3v) is 2.28. The Kier molecular flexibility index (Phi) is 5.54. The van der Waals surface area contributed by atoms with Crippen molar-refractivity contribution in [3.8, 4) is 0 Å². The van der Waals surface area contributed by atoms with E-state index < -0.39 is 0 Å². The summed E-state index contributed by atoms with van der Waals surface area (Å²) in [6, 6.07) is 0. The SMILES string of the molecule is CCCSC(=S)NC. The molecule has 0 atom stereocenters. The summed E-state index contributed by atoms with van der Waals surface area (Å²) in [7, 11) is 1.85. The van der Waals surface area contributed by atoms with Gasteiger partial charge in [0.15, 0.2) is 0 Å². The van der Waals surface area contributed by atoms with Crippen LogP contribution < -0.4 is 5.32 Å². The lowest BCUT2D eigenvalue weighted by atomic mass is 10.6. The predicted molar refractivity (Wildman–Crippen MR) is 44.4 cm³/mol. The van der Waals surface area contributed by atoms with Crippen molar-refractivity contribution in [3.63, 3.8) is 0 Å². The molecule has 3 heteroatoms. The molecule has 0 aromatic carbocycles. The van der Waals surface area contributed by atoms with Crippen LogP contribution in [0.4, 0.5) is 0 Å². The maximum Gasteiger partial charge on any atom is 0.133 e. The van der Waals surface area contributed by atoms with Crippen LogP contribution in [0.15, 0.2) is 0 Å². The van der Waals surface area contributed by atoms with Gasteiger partial charge >= 0.3 is 0 Å². The van der Waals surface area contributed by atoms with Gasteiger partial charge in [-0.3, -0.25) is 0 Å². The molecule has 0 aliphatic rings. The monoisotopic (exact) mass is 149 g/mol. The molecule has 0 fully saturated rings. The van der Waals surface area contributed by atoms with Crippen LogP contribution in [0.1, 0.15) is 13.3 Å². The molecule has 0 saturated heterocycles. The summed E-state index contributed by atoms with van der Waals surface area (Å²) >= 11 is 6.57. The van der Waals surface area contributed by atoms with E-state index in [-0.39, 0.29) is 0 Å². The van der Waals surface area contributed by atoms with E-state index in [4.69, 9.17) is 12.2 Å². The lowest BCUT2D eigenvalue weighted by Gasteiger charge is -1.97. The zero-order valence-electron chi connectivity index (χ0n) is 5.23. The highest BCUT2D eigenvalue weighted by molar-refractivity contribution is 8.22. The topological polar surface area (TPSA) is 12.0 Å². The molecular weight excluding hydrogens is 138 g/mol. The second-order valence-electron chi connectivity index (χ2n) is 1.39. The average Bonchev–Trinajstić information content (AvgIpc) is 1.83. The Labute approximate surface area is 60.2 Å². The fourth-order valence-corrected chi connectivity index (χ4v) is 1.05. The minimum atomic E-state index is 0.895. The first kappa shape index (κ1) is 8.24. The van der Waals surface area contributed by atoms with Gasteiger partial charge in [0, 0.05) is 7.05 Å². The number of hydrogen-bond acceptors (Lipinski definition) is 2. The number of thiocarbonyl (C=S) groups is 1. The minimum absolute atomic E-state index is 0.895. The van der Waals surface area contributed by atoms with Crippen LogP contribution in [0.5, 0.6) is 0 Å². The summed E-state index contributed by atoms with van der Waals surface area (Å²) < 4.78 is 0.895. The normalized spacial score (nSPS) is 8.75. The highest BCUT2D eigenvalue weighted by Crippen LogP contribution is 2.01. The molecule has 0 rings (SSSR count). The van der Waals surface area contributed by atoms with Crippen molar-refractivity contribution in [2.24, 2.45) is 0 Å². The number of nitrogens with one attached hydrogen (secondary N) is 1. The largest absolute Gasteiger partial charge is 0.374 e. The van der Waals surface area contributed by atoms with E-state index >= 15 is 0 Å².